The van der Waals surface area contributed by atoms with Crippen LogP contribution < -0.4 is 9.47 Å². The van der Waals surface area contributed by atoms with Gasteiger partial charge in [-0.15, -0.1) is 0 Å². The Morgan fingerprint density at radius 1 is 1.33 bits per heavy atom. The average molecular weight is 290 g/mol. The van der Waals surface area contributed by atoms with Gasteiger partial charge in [0.05, 0.1) is 12.0 Å². The second-order valence-corrected chi connectivity index (χ2v) is 3.85. The average Bonchev–Trinajstić information content (AvgIpc) is 2.47. The van der Waals surface area contributed by atoms with Crippen LogP contribution in [-0.2, 0) is 0 Å². The molecule has 0 bridgehead atoms. The topological polar surface area (TPSA) is 112 Å². The van der Waals surface area contributed by atoms with Crippen molar-refractivity contribution >= 4 is 11.7 Å². The zero-order valence-electron chi connectivity index (χ0n) is 10.8. The molecule has 1 aromatic heterocycles. The summed E-state index contributed by atoms with van der Waals surface area (Å²) in [7, 11) is 1.29. The molecule has 0 aliphatic carbocycles. The van der Waals surface area contributed by atoms with E-state index in [1.807, 2.05) is 0 Å². The van der Waals surface area contributed by atoms with Gasteiger partial charge in [0, 0.05) is 18.3 Å². The fourth-order valence-corrected chi connectivity index (χ4v) is 1.63. The zero-order chi connectivity index (χ0) is 15.4. The van der Waals surface area contributed by atoms with E-state index >= 15 is 0 Å². The molecule has 21 heavy (non-hydrogen) atoms. The van der Waals surface area contributed by atoms with Crippen LogP contribution in [0.1, 0.15) is 10.5 Å². The molecular weight excluding hydrogens is 280 g/mol. The fraction of sp³-hybridized carbons (Fsp3) is 0.0769. The lowest BCUT2D eigenvalue weighted by atomic mass is 10.2. The lowest BCUT2D eigenvalue weighted by Crippen LogP contribution is -2.03. The molecule has 0 aliphatic rings. The van der Waals surface area contributed by atoms with E-state index in [2.05, 4.69) is 4.98 Å². The summed E-state index contributed by atoms with van der Waals surface area (Å²) in [4.78, 5) is 24.9. The number of ether oxygens (including phenoxy) is 2. The van der Waals surface area contributed by atoms with E-state index in [4.69, 9.17) is 14.6 Å². The van der Waals surface area contributed by atoms with Crippen molar-refractivity contribution in [3.05, 3.63) is 52.3 Å². The lowest BCUT2D eigenvalue weighted by molar-refractivity contribution is -0.385. The first-order valence-electron chi connectivity index (χ1n) is 5.71. The predicted octanol–water partition coefficient (Wildman–Crippen LogP) is 2.49. The van der Waals surface area contributed by atoms with E-state index in [9.17, 15) is 14.9 Å². The maximum absolute atomic E-state index is 11.0. The van der Waals surface area contributed by atoms with Crippen molar-refractivity contribution in [1.82, 2.24) is 4.98 Å². The molecule has 0 spiro atoms. The third kappa shape index (κ3) is 3.06. The van der Waals surface area contributed by atoms with Crippen LogP contribution >= 0.6 is 0 Å². The van der Waals surface area contributed by atoms with Crippen molar-refractivity contribution in [3.8, 4) is 17.2 Å². The van der Waals surface area contributed by atoms with Crippen molar-refractivity contribution in [2.24, 2.45) is 0 Å². The molecule has 1 N–H and O–H groups in total. The minimum absolute atomic E-state index is 0.0123. The summed E-state index contributed by atoms with van der Waals surface area (Å²) < 4.78 is 10.3. The van der Waals surface area contributed by atoms with E-state index < -0.39 is 10.9 Å². The molecule has 2 aromatic rings. The van der Waals surface area contributed by atoms with Gasteiger partial charge in [-0.25, -0.2) is 9.78 Å². The highest BCUT2D eigenvalue weighted by Crippen LogP contribution is 2.33. The van der Waals surface area contributed by atoms with Gasteiger partial charge in [-0.05, 0) is 18.2 Å². The van der Waals surface area contributed by atoms with E-state index in [1.165, 1.54) is 43.6 Å². The molecular formula is C13H10N2O6. The first-order valence-corrected chi connectivity index (χ1v) is 5.71. The zero-order valence-corrected chi connectivity index (χ0v) is 10.8. The monoisotopic (exact) mass is 290 g/mol. The predicted molar refractivity (Wildman–Crippen MR) is 70.9 cm³/mol. The van der Waals surface area contributed by atoms with E-state index in [0.29, 0.717) is 0 Å². The first-order chi connectivity index (χ1) is 10.0. The smallest absolute Gasteiger partial charge is 0.358 e. The molecule has 0 aliphatic heterocycles. The molecule has 0 radical (unpaired) electrons. The third-order valence-electron chi connectivity index (χ3n) is 2.55. The van der Waals surface area contributed by atoms with Crippen LogP contribution in [0, 0.1) is 10.1 Å². The van der Waals surface area contributed by atoms with Crippen LogP contribution in [0.3, 0.4) is 0 Å². The number of nitro groups is 1. The number of carboxylic acids is 1. The number of aromatic nitrogens is 1. The van der Waals surface area contributed by atoms with Gasteiger partial charge in [0.1, 0.15) is 5.75 Å². The number of carbonyl (C=O) groups is 1. The molecule has 0 saturated carbocycles. The Morgan fingerprint density at radius 2 is 2.10 bits per heavy atom. The molecule has 0 atom stereocenters. The molecule has 0 unspecified atom stereocenters. The van der Waals surface area contributed by atoms with Crippen LogP contribution in [0.15, 0.2) is 36.5 Å². The number of nitrogens with zero attached hydrogens (tertiary/aromatic N) is 2. The van der Waals surface area contributed by atoms with Gasteiger partial charge < -0.3 is 14.6 Å². The highest BCUT2D eigenvalue weighted by Gasteiger charge is 2.17. The minimum atomic E-state index is -1.24. The third-order valence-corrected chi connectivity index (χ3v) is 2.55. The summed E-state index contributed by atoms with van der Waals surface area (Å²) in [5, 5.41) is 19.8. The van der Waals surface area contributed by atoms with Crippen molar-refractivity contribution in [3.63, 3.8) is 0 Å². The number of nitro benzene ring substituents is 1. The van der Waals surface area contributed by atoms with Crippen molar-refractivity contribution in [2.75, 3.05) is 7.11 Å². The number of rotatable bonds is 5. The Bertz CT molecular complexity index is 701. The molecule has 2 rings (SSSR count). The summed E-state index contributed by atoms with van der Waals surface area (Å²) in [5.74, 6) is -0.994. The quantitative estimate of drug-likeness (QED) is 0.664. The fourth-order valence-electron chi connectivity index (χ4n) is 1.63. The van der Waals surface area contributed by atoms with Crippen molar-refractivity contribution in [2.45, 2.75) is 0 Å². The molecule has 108 valence electrons. The lowest BCUT2D eigenvalue weighted by Gasteiger charge is -2.09. The maximum Gasteiger partial charge on any atom is 0.358 e. The minimum Gasteiger partial charge on any atom is -0.490 e. The van der Waals surface area contributed by atoms with Crippen LogP contribution in [0.4, 0.5) is 5.69 Å². The van der Waals surface area contributed by atoms with Crippen LogP contribution in [0.2, 0.25) is 0 Å². The number of pyridine rings is 1. The molecule has 0 saturated heterocycles. The molecule has 1 heterocycles. The van der Waals surface area contributed by atoms with Gasteiger partial charge in [0.15, 0.2) is 11.4 Å². The number of hydrogen-bond donors (Lipinski definition) is 1. The Hall–Kier alpha value is -3.16. The number of hydrogen-bond acceptors (Lipinski definition) is 6. The second kappa shape index (κ2) is 5.87. The summed E-state index contributed by atoms with van der Waals surface area (Å²) in [6.45, 7) is 0. The van der Waals surface area contributed by atoms with Crippen LogP contribution in [-0.4, -0.2) is 28.1 Å². The van der Waals surface area contributed by atoms with E-state index in [1.54, 1.807) is 0 Å². The SMILES string of the molecule is COc1cc(Oc2cccnc2C(=O)O)ccc1[N+](=O)[O-]. The van der Waals surface area contributed by atoms with Gasteiger partial charge in [0.25, 0.3) is 0 Å². The van der Waals surface area contributed by atoms with Crippen LogP contribution in [0.5, 0.6) is 17.2 Å². The van der Waals surface area contributed by atoms with Gasteiger partial charge in [0.2, 0.25) is 5.75 Å². The number of aromatic carboxylic acids is 1. The van der Waals surface area contributed by atoms with Gasteiger partial charge in [-0.3, -0.25) is 10.1 Å². The number of benzene rings is 1. The van der Waals surface area contributed by atoms with E-state index in [0.717, 1.165) is 0 Å². The number of carboxylic acid groups (broad SMARTS) is 1. The standard InChI is InChI=1S/C13H10N2O6/c1-20-11-7-8(4-5-9(11)15(18)19)21-10-3-2-6-14-12(10)13(16)17/h2-7H,1H3,(H,16,17). The highest BCUT2D eigenvalue weighted by atomic mass is 16.6. The Labute approximate surface area is 118 Å². The summed E-state index contributed by atoms with van der Waals surface area (Å²) in [6, 6.07) is 6.82. The second-order valence-electron chi connectivity index (χ2n) is 3.85. The Kier molecular flexibility index (Phi) is 3.98. The van der Waals surface area contributed by atoms with Crippen molar-refractivity contribution in [1.29, 1.82) is 0 Å². The summed E-state index contributed by atoms with van der Waals surface area (Å²) in [5.41, 5.74) is -0.468. The van der Waals surface area contributed by atoms with Gasteiger partial charge in [-0.1, -0.05) is 0 Å². The molecule has 0 amide bonds. The Balaban J connectivity index is 2.37. The Morgan fingerprint density at radius 3 is 2.71 bits per heavy atom. The summed E-state index contributed by atoms with van der Waals surface area (Å²) >= 11 is 0. The maximum atomic E-state index is 11.0. The highest BCUT2D eigenvalue weighted by molar-refractivity contribution is 5.88. The largest absolute Gasteiger partial charge is 0.490 e. The van der Waals surface area contributed by atoms with Crippen molar-refractivity contribution < 1.29 is 24.3 Å². The molecule has 1 aromatic carbocycles. The van der Waals surface area contributed by atoms with Crippen LogP contribution in [0.25, 0.3) is 0 Å². The van der Waals surface area contributed by atoms with E-state index in [-0.39, 0.29) is 28.6 Å². The van der Waals surface area contributed by atoms with Gasteiger partial charge >= 0.3 is 11.7 Å². The molecule has 8 nitrogen and oxygen atoms in total. The molecule has 8 heteroatoms. The van der Waals surface area contributed by atoms with Gasteiger partial charge in [-0.2, -0.15) is 0 Å². The summed E-state index contributed by atoms with van der Waals surface area (Å²) in [6.07, 6.45) is 1.33. The number of methoxy groups -OCH3 is 1. The molecule has 0 fully saturated rings. The normalized spacial score (nSPS) is 9.95. The first kappa shape index (κ1) is 14.3.